The minimum Gasteiger partial charge on any atom is -0.465 e. The van der Waals surface area contributed by atoms with Crippen LogP contribution in [0.2, 0.25) is 0 Å². The van der Waals surface area contributed by atoms with Crippen molar-refractivity contribution in [3.8, 4) is 0 Å². The van der Waals surface area contributed by atoms with Crippen LogP contribution in [0.5, 0.6) is 0 Å². The third-order valence-corrected chi connectivity index (χ3v) is 7.25. The molecule has 1 heterocycles. The van der Waals surface area contributed by atoms with E-state index < -0.39 is 17.8 Å². The number of fused-ring (bicyclic) bond motifs is 1. The minimum atomic E-state index is -0.536. The first-order valence-corrected chi connectivity index (χ1v) is 11.8. The minimum absolute atomic E-state index is 0.0552. The molecule has 0 spiro atoms. The van der Waals surface area contributed by atoms with Gasteiger partial charge >= 0.3 is 11.9 Å². The van der Waals surface area contributed by atoms with E-state index in [1.165, 1.54) is 31.6 Å². The molecule has 1 unspecified atom stereocenters. The highest BCUT2D eigenvalue weighted by Crippen LogP contribution is 2.44. The average Bonchev–Trinajstić information content (AvgIpc) is 3.14. The Balaban J connectivity index is 1.80. The predicted molar refractivity (Wildman–Crippen MR) is 132 cm³/mol. The van der Waals surface area contributed by atoms with Gasteiger partial charge in [-0.15, -0.1) is 11.3 Å². The molecule has 2 aromatic rings. The number of hydrogen-bond donors (Lipinski definition) is 2. The van der Waals surface area contributed by atoms with Gasteiger partial charge in [0.05, 0.1) is 25.3 Å². The number of ether oxygens (including phenoxy) is 2. The van der Waals surface area contributed by atoms with Crippen LogP contribution < -0.4 is 10.6 Å². The van der Waals surface area contributed by atoms with Gasteiger partial charge < -0.3 is 14.8 Å². The Hall–Kier alpha value is -2.78. The molecular formula is C24H28N2O5S2. The molecule has 0 radical (unpaired) electrons. The molecule has 0 fully saturated rings. The van der Waals surface area contributed by atoms with Gasteiger partial charge in [-0.2, -0.15) is 0 Å². The molecule has 0 saturated carbocycles. The third-order valence-electron chi connectivity index (χ3n) is 5.88. The van der Waals surface area contributed by atoms with E-state index in [4.69, 9.17) is 21.7 Å². The standard InChI is InChI=1S/C24H28N2O5S2/c1-24(2,3)15-9-10-16-17(12-15)33-20(18(16)22(29)31-5)26-23(32)25-19(27)13-7-6-8-14(11-13)21(28)30-4/h6-8,11,15H,9-10,12H2,1-5H3,(H2,25,26,27,32). The van der Waals surface area contributed by atoms with Crippen molar-refractivity contribution in [2.75, 3.05) is 19.5 Å². The lowest BCUT2D eigenvalue weighted by molar-refractivity contribution is 0.0591. The summed E-state index contributed by atoms with van der Waals surface area (Å²) in [5.74, 6) is -0.933. The Labute approximate surface area is 202 Å². The molecule has 0 aliphatic heterocycles. The van der Waals surface area contributed by atoms with Crippen LogP contribution in [-0.2, 0) is 22.3 Å². The first-order valence-electron chi connectivity index (χ1n) is 10.6. The maximum Gasteiger partial charge on any atom is 0.341 e. The van der Waals surface area contributed by atoms with E-state index >= 15 is 0 Å². The van der Waals surface area contributed by atoms with Gasteiger partial charge in [0, 0.05) is 10.4 Å². The number of thiophene rings is 1. The second-order valence-corrected chi connectivity index (χ2v) is 10.5. The summed E-state index contributed by atoms with van der Waals surface area (Å²) in [6.07, 6.45) is 2.67. The van der Waals surface area contributed by atoms with Crippen molar-refractivity contribution < 1.29 is 23.9 Å². The molecule has 1 aliphatic rings. The van der Waals surface area contributed by atoms with Crippen LogP contribution in [0.1, 0.15) is 68.7 Å². The quantitative estimate of drug-likeness (QED) is 0.480. The Morgan fingerprint density at radius 1 is 1.09 bits per heavy atom. The fraction of sp³-hybridized carbons (Fsp3) is 0.417. The van der Waals surface area contributed by atoms with Gasteiger partial charge in [0.2, 0.25) is 0 Å². The smallest absolute Gasteiger partial charge is 0.341 e. The number of carbonyl (C=O) groups excluding carboxylic acids is 3. The number of esters is 2. The van der Waals surface area contributed by atoms with Crippen LogP contribution in [0, 0.1) is 11.3 Å². The van der Waals surface area contributed by atoms with Crippen molar-refractivity contribution in [2.24, 2.45) is 11.3 Å². The number of hydrogen-bond acceptors (Lipinski definition) is 7. The molecule has 1 atom stereocenters. The number of thiocarbonyl (C=S) groups is 1. The second-order valence-electron chi connectivity index (χ2n) is 8.99. The summed E-state index contributed by atoms with van der Waals surface area (Å²) in [4.78, 5) is 38.1. The number of anilines is 1. The fourth-order valence-electron chi connectivity index (χ4n) is 3.95. The summed E-state index contributed by atoms with van der Waals surface area (Å²) in [5, 5.41) is 6.24. The summed E-state index contributed by atoms with van der Waals surface area (Å²) in [6.45, 7) is 6.70. The lowest BCUT2D eigenvalue weighted by atomic mass is 9.72. The molecule has 2 N–H and O–H groups in total. The van der Waals surface area contributed by atoms with E-state index in [-0.39, 0.29) is 21.7 Å². The zero-order valence-corrected chi connectivity index (χ0v) is 21.0. The number of benzene rings is 1. The Kier molecular flexibility index (Phi) is 7.54. The van der Waals surface area contributed by atoms with Crippen LogP contribution in [0.3, 0.4) is 0 Å². The summed E-state index contributed by atoms with van der Waals surface area (Å²) >= 11 is 6.82. The van der Waals surface area contributed by atoms with E-state index in [9.17, 15) is 14.4 Å². The fourth-order valence-corrected chi connectivity index (χ4v) is 5.53. The molecule has 33 heavy (non-hydrogen) atoms. The van der Waals surface area contributed by atoms with Crippen molar-refractivity contribution in [2.45, 2.75) is 40.0 Å². The van der Waals surface area contributed by atoms with Crippen molar-refractivity contribution in [3.63, 3.8) is 0 Å². The van der Waals surface area contributed by atoms with E-state index in [1.54, 1.807) is 18.2 Å². The van der Waals surface area contributed by atoms with Gasteiger partial charge in [-0.3, -0.25) is 10.1 Å². The van der Waals surface area contributed by atoms with Gasteiger partial charge in [0.15, 0.2) is 5.11 Å². The van der Waals surface area contributed by atoms with Crippen molar-refractivity contribution in [1.29, 1.82) is 0 Å². The number of carbonyl (C=O) groups is 3. The van der Waals surface area contributed by atoms with Crippen molar-refractivity contribution in [3.05, 3.63) is 51.4 Å². The summed E-state index contributed by atoms with van der Waals surface area (Å²) in [7, 11) is 2.63. The summed E-state index contributed by atoms with van der Waals surface area (Å²) < 4.78 is 9.72. The van der Waals surface area contributed by atoms with Crippen LogP contribution >= 0.6 is 23.6 Å². The molecule has 0 bridgehead atoms. The van der Waals surface area contributed by atoms with E-state index in [1.807, 2.05) is 0 Å². The molecule has 1 amide bonds. The van der Waals surface area contributed by atoms with Crippen molar-refractivity contribution >= 4 is 51.5 Å². The van der Waals surface area contributed by atoms with E-state index in [2.05, 4.69) is 31.4 Å². The van der Waals surface area contributed by atoms with Crippen molar-refractivity contribution in [1.82, 2.24) is 5.32 Å². The zero-order valence-electron chi connectivity index (χ0n) is 19.4. The molecule has 1 aliphatic carbocycles. The highest BCUT2D eigenvalue weighted by atomic mass is 32.1. The lowest BCUT2D eigenvalue weighted by Gasteiger charge is -2.33. The van der Waals surface area contributed by atoms with E-state index in [0.29, 0.717) is 16.5 Å². The summed E-state index contributed by atoms with van der Waals surface area (Å²) in [5.41, 5.74) is 2.16. The van der Waals surface area contributed by atoms with Gasteiger partial charge in [-0.1, -0.05) is 26.8 Å². The SMILES string of the molecule is COC(=O)c1cccc(C(=O)NC(=S)Nc2sc3c(c2C(=O)OC)CCC(C(C)(C)C)C3)c1. The molecular weight excluding hydrogens is 460 g/mol. The van der Waals surface area contributed by atoms with Crippen LogP contribution in [0.4, 0.5) is 5.00 Å². The summed E-state index contributed by atoms with van der Waals surface area (Å²) in [6, 6.07) is 6.15. The van der Waals surface area contributed by atoms with Crippen LogP contribution in [0.15, 0.2) is 24.3 Å². The Morgan fingerprint density at radius 2 is 1.76 bits per heavy atom. The molecule has 0 saturated heterocycles. The van der Waals surface area contributed by atoms with Crippen LogP contribution in [-0.4, -0.2) is 37.2 Å². The predicted octanol–water partition coefficient (Wildman–Crippen LogP) is 4.60. The Bertz CT molecular complexity index is 1100. The number of amides is 1. The van der Waals surface area contributed by atoms with Gasteiger partial charge in [0.25, 0.3) is 5.91 Å². The largest absolute Gasteiger partial charge is 0.465 e. The first-order chi connectivity index (χ1) is 15.5. The highest BCUT2D eigenvalue weighted by Gasteiger charge is 2.34. The van der Waals surface area contributed by atoms with Gasteiger partial charge in [-0.05, 0) is 66.6 Å². The number of nitrogens with one attached hydrogen (secondary N) is 2. The molecule has 1 aromatic carbocycles. The first kappa shape index (κ1) is 24.9. The normalized spacial score (nSPS) is 15.2. The van der Waals surface area contributed by atoms with Crippen LogP contribution in [0.25, 0.3) is 0 Å². The maximum atomic E-state index is 12.7. The number of methoxy groups -OCH3 is 2. The van der Waals surface area contributed by atoms with Gasteiger partial charge in [0.1, 0.15) is 5.00 Å². The molecule has 3 rings (SSSR count). The second kappa shape index (κ2) is 10.0. The Morgan fingerprint density at radius 3 is 2.39 bits per heavy atom. The van der Waals surface area contributed by atoms with E-state index in [0.717, 1.165) is 29.7 Å². The molecule has 1 aromatic heterocycles. The third kappa shape index (κ3) is 5.59. The van der Waals surface area contributed by atoms with Gasteiger partial charge in [-0.25, -0.2) is 9.59 Å². The lowest BCUT2D eigenvalue weighted by Crippen LogP contribution is -2.34. The number of rotatable bonds is 4. The maximum absolute atomic E-state index is 12.7. The molecule has 7 nitrogen and oxygen atoms in total. The topological polar surface area (TPSA) is 93.7 Å². The average molecular weight is 489 g/mol. The zero-order chi connectivity index (χ0) is 24.3. The highest BCUT2D eigenvalue weighted by molar-refractivity contribution is 7.80. The molecule has 176 valence electrons. The molecule has 9 heteroatoms. The monoisotopic (exact) mass is 488 g/mol.